The molecule has 1 heterocycles. The highest BCUT2D eigenvalue weighted by Crippen LogP contribution is 2.49. The summed E-state index contributed by atoms with van der Waals surface area (Å²) >= 11 is 0. The third-order valence-electron chi connectivity index (χ3n) is 7.71. The first kappa shape index (κ1) is 16.1. The van der Waals surface area contributed by atoms with Crippen LogP contribution in [0.1, 0.15) is 91.4 Å². The van der Waals surface area contributed by atoms with Gasteiger partial charge >= 0.3 is 0 Å². The van der Waals surface area contributed by atoms with Crippen molar-refractivity contribution in [3.8, 4) is 0 Å². The number of nitrogens with one attached hydrogen (secondary N) is 1. The zero-order chi connectivity index (χ0) is 16.1. The SMILES string of the molecule is CC1CCC2(CC1)N=C1CCC(C)CC1C1(CCC(C)CC1)N2. The summed E-state index contributed by atoms with van der Waals surface area (Å²) in [7, 11) is 0. The maximum Gasteiger partial charge on any atom is 0.111 e. The van der Waals surface area contributed by atoms with Crippen LogP contribution in [0.4, 0.5) is 0 Å². The first-order chi connectivity index (χ1) is 11.0. The van der Waals surface area contributed by atoms with Gasteiger partial charge in [-0.25, -0.2) is 0 Å². The molecule has 0 aromatic carbocycles. The highest BCUT2D eigenvalue weighted by molar-refractivity contribution is 5.90. The van der Waals surface area contributed by atoms with Crippen LogP contribution in [0.3, 0.4) is 0 Å². The summed E-state index contributed by atoms with van der Waals surface area (Å²) in [6, 6.07) is 0. The lowest BCUT2D eigenvalue weighted by atomic mass is 9.61. The molecular formula is C21H36N2. The first-order valence-corrected chi connectivity index (χ1v) is 10.4. The van der Waals surface area contributed by atoms with E-state index in [9.17, 15) is 0 Å². The molecule has 0 amide bonds. The van der Waals surface area contributed by atoms with E-state index >= 15 is 0 Å². The van der Waals surface area contributed by atoms with Crippen molar-refractivity contribution in [2.45, 2.75) is 103 Å². The summed E-state index contributed by atoms with van der Waals surface area (Å²) in [5.41, 5.74) is 2.11. The van der Waals surface area contributed by atoms with Crippen LogP contribution in [0.25, 0.3) is 0 Å². The molecule has 2 unspecified atom stereocenters. The van der Waals surface area contributed by atoms with Crippen LogP contribution in [0.5, 0.6) is 0 Å². The Bertz CT molecular complexity index is 464. The average Bonchev–Trinajstić information content (AvgIpc) is 2.55. The van der Waals surface area contributed by atoms with Crippen LogP contribution in [-0.2, 0) is 0 Å². The standard InChI is InChI=1S/C21H36N2/c1-15-6-10-20(11-7-15)18-14-17(3)4-5-19(18)22-21(23-20)12-8-16(2)9-13-21/h15-18,23H,4-14H2,1-3H3. The zero-order valence-corrected chi connectivity index (χ0v) is 15.5. The Morgan fingerprint density at radius 1 is 0.826 bits per heavy atom. The van der Waals surface area contributed by atoms with E-state index in [4.69, 9.17) is 4.99 Å². The summed E-state index contributed by atoms with van der Waals surface area (Å²) in [4.78, 5) is 5.44. The Labute approximate surface area is 142 Å². The third kappa shape index (κ3) is 2.90. The molecule has 0 bridgehead atoms. The monoisotopic (exact) mass is 316 g/mol. The summed E-state index contributed by atoms with van der Waals surface area (Å²) in [5.74, 6) is 3.45. The lowest BCUT2D eigenvalue weighted by molar-refractivity contribution is 0.0508. The van der Waals surface area contributed by atoms with Crippen LogP contribution < -0.4 is 5.32 Å². The largest absolute Gasteiger partial charge is 0.287 e. The predicted molar refractivity (Wildman–Crippen MR) is 97.8 cm³/mol. The molecule has 130 valence electrons. The number of aliphatic imine (C=N–C) groups is 1. The van der Waals surface area contributed by atoms with Crippen molar-refractivity contribution in [1.29, 1.82) is 0 Å². The first-order valence-electron chi connectivity index (χ1n) is 10.4. The van der Waals surface area contributed by atoms with Crippen molar-refractivity contribution in [2.75, 3.05) is 0 Å². The van der Waals surface area contributed by atoms with E-state index in [2.05, 4.69) is 26.1 Å². The van der Waals surface area contributed by atoms with E-state index in [1.54, 1.807) is 5.71 Å². The Balaban J connectivity index is 1.66. The van der Waals surface area contributed by atoms with Crippen molar-refractivity contribution in [3.05, 3.63) is 0 Å². The fourth-order valence-electron chi connectivity index (χ4n) is 5.98. The second-order valence-corrected chi connectivity index (χ2v) is 9.71. The molecule has 23 heavy (non-hydrogen) atoms. The molecule has 0 radical (unpaired) electrons. The number of hydrogen-bond acceptors (Lipinski definition) is 2. The normalized spacial score (nSPS) is 50.7. The summed E-state index contributed by atoms with van der Waals surface area (Å²) in [6.45, 7) is 7.33. The van der Waals surface area contributed by atoms with Gasteiger partial charge in [-0.1, -0.05) is 20.8 Å². The second kappa shape index (κ2) is 5.86. The van der Waals surface area contributed by atoms with Gasteiger partial charge < -0.3 is 0 Å². The van der Waals surface area contributed by atoms with Crippen LogP contribution in [0.15, 0.2) is 4.99 Å². The molecule has 1 N–H and O–H groups in total. The van der Waals surface area contributed by atoms with Crippen LogP contribution >= 0.6 is 0 Å². The Morgan fingerprint density at radius 3 is 2.09 bits per heavy atom. The molecule has 2 spiro atoms. The highest BCUT2D eigenvalue weighted by atomic mass is 15.2. The van der Waals surface area contributed by atoms with Crippen LogP contribution in [0.2, 0.25) is 0 Å². The van der Waals surface area contributed by atoms with Crippen LogP contribution in [-0.4, -0.2) is 16.9 Å². The molecule has 3 fully saturated rings. The summed E-state index contributed by atoms with van der Waals surface area (Å²) < 4.78 is 0. The molecule has 0 aromatic heterocycles. The Kier molecular flexibility index (Phi) is 4.11. The lowest BCUT2D eigenvalue weighted by Crippen LogP contribution is -2.68. The molecule has 0 saturated heterocycles. The Hall–Kier alpha value is -0.370. The van der Waals surface area contributed by atoms with Gasteiger partial charge in [0.25, 0.3) is 0 Å². The minimum Gasteiger partial charge on any atom is -0.287 e. The van der Waals surface area contributed by atoms with Crippen molar-refractivity contribution in [3.63, 3.8) is 0 Å². The van der Waals surface area contributed by atoms with Crippen molar-refractivity contribution < 1.29 is 0 Å². The lowest BCUT2D eigenvalue weighted by Gasteiger charge is -2.57. The molecule has 4 rings (SSSR count). The number of rotatable bonds is 0. The van der Waals surface area contributed by atoms with E-state index < -0.39 is 0 Å². The minimum absolute atomic E-state index is 0.111. The summed E-state index contributed by atoms with van der Waals surface area (Å²) in [6.07, 6.45) is 14.9. The fourth-order valence-corrected chi connectivity index (χ4v) is 5.98. The second-order valence-electron chi connectivity index (χ2n) is 9.71. The Morgan fingerprint density at radius 2 is 1.43 bits per heavy atom. The predicted octanol–water partition coefficient (Wildman–Crippen LogP) is 5.32. The maximum absolute atomic E-state index is 5.44. The van der Waals surface area contributed by atoms with Crippen LogP contribution in [0, 0.1) is 23.7 Å². The molecule has 2 nitrogen and oxygen atoms in total. The smallest absolute Gasteiger partial charge is 0.111 e. The van der Waals surface area contributed by atoms with E-state index in [1.807, 2.05) is 0 Å². The van der Waals surface area contributed by atoms with Crippen molar-refractivity contribution in [2.24, 2.45) is 28.7 Å². The molecule has 4 aliphatic rings. The molecule has 0 aromatic rings. The van der Waals surface area contributed by atoms with Gasteiger partial charge in [-0.15, -0.1) is 0 Å². The van der Waals surface area contributed by atoms with Gasteiger partial charge in [-0.3, -0.25) is 10.3 Å². The zero-order valence-electron chi connectivity index (χ0n) is 15.5. The average molecular weight is 317 g/mol. The van der Waals surface area contributed by atoms with Gasteiger partial charge in [0, 0.05) is 17.2 Å². The highest BCUT2D eigenvalue weighted by Gasteiger charge is 2.53. The molecule has 1 aliphatic heterocycles. The molecular weight excluding hydrogens is 280 g/mol. The quantitative estimate of drug-likeness (QED) is 0.642. The number of hydrogen-bond donors (Lipinski definition) is 1. The number of nitrogens with zero attached hydrogens (tertiary/aromatic N) is 1. The van der Waals surface area contributed by atoms with Gasteiger partial charge in [0.05, 0.1) is 0 Å². The van der Waals surface area contributed by atoms with Gasteiger partial charge in [-0.05, 0) is 88.4 Å². The molecule has 2 atom stereocenters. The maximum atomic E-state index is 5.44. The van der Waals surface area contributed by atoms with E-state index in [0.29, 0.717) is 5.54 Å². The number of fused-ring (bicyclic) bond motifs is 2. The van der Waals surface area contributed by atoms with Gasteiger partial charge in [0.2, 0.25) is 0 Å². The van der Waals surface area contributed by atoms with E-state index in [1.165, 1.54) is 70.6 Å². The molecule has 3 saturated carbocycles. The fraction of sp³-hybridized carbons (Fsp3) is 0.952. The van der Waals surface area contributed by atoms with E-state index in [0.717, 1.165) is 23.7 Å². The van der Waals surface area contributed by atoms with Crippen molar-refractivity contribution in [1.82, 2.24) is 5.32 Å². The van der Waals surface area contributed by atoms with Gasteiger partial charge in [0.15, 0.2) is 0 Å². The minimum atomic E-state index is 0.111. The third-order valence-corrected chi connectivity index (χ3v) is 7.71. The van der Waals surface area contributed by atoms with Gasteiger partial charge in [-0.2, -0.15) is 0 Å². The molecule has 3 aliphatic carbocycles. The van der Waals surface area contributed by atoms with E-state index in [-0.39, 0.29) is 5.66 Å². The van der Waals surface area contributed by atoms with Crippen molar-refractivity contribution >= 4 is 5.71 Å². The topological polar surface area (TPSA) is 24.4 Å². The molecule has 2 heteroatoms. The van der Waals surface area contributed by atoms with Gasteiger partial charge in [0.1, 0.15) is 5.66 Å². The summed E-state index contributed by atoms with van der Waals surface area (Å²) in [5, 5.41) is 4.26.